The highest BCUT2D eigenvalue weighted by atomic mass is 32.2. The lowest BCUT2D eigenvalue weighted by molar-refractivity contribution is 0.568. The summed E-state index contributed by atoms with van der Waals surface area (Å²) in [6.45, 7) is 42.3. The van der Waals surface area contributed by atoms with E-state index in [2.05, 4.69) is 359 Å². The maximum absolute atomic E-state index is 2.70. The molecule has 0 radical (unpaired) electrons. The normalized spacial score (nSPS) is 14.4. The second-order valence-electron chi connectivity index (χ2n) is 33.9. The predicted octanol–water partition coefficient (Wildman–Crippen LogP) is 23.0. The van der Waals surface area contributed by atoms with Crippen LogP contribution in [-0.4, -0.2) is 11.3 Å². The summed E-state index contributed by atoms with van der Waals surface area (Å²) in [5, 5.41) is 2.57. The first-order valence-electron chi connectivity index (χ1n) is 34.6. The highest BCUT2D eigenvalue weighted by molar-refractivity contribution is 7.99. The van der Waals surface area contributed by atoms with Gasteiger partial charge >= 0.3 is 0 Å². The van der Waals surface area contributed by atoms with Gasteiger partial charge in [0.25, 0.3) is 0 Å². The van der Waals surface area contributed by atoms with Crippen molar-refractivity contribution in [1.29, 1.82) is 0 Å². The van der Waals surface area contributed by atoms with Gasteiger partial charge in [0.05, 0.1) is 22.1 Å². The molecule has 4 heteroatoms. The zero-order valence-corrected chi connectivity index (χ0v) is 60.1. The summed E-state index contributed by atoms with van der Waals surface area (Å²) >= 11 is 1.92. The number of aromatic nitrogens is 1. The third-order valence-corrected chi connectivity index (χ3v) is 22.4. The van der Waals surface area contributed by atoms with Crippen LogP contribution in [0.15, 0.2) is 234 Å². The van der Waals surface area contributed by atoms with Crippen molar-refractivity contribution in [2.24, 2.45) is 0 Å². The molecule has 1 spiro atoms. The summed E-state index contributed by atoms with van der Waals surface area (Å²) in [6.07, 6.45) is 0. The number of rotatable bonds is 5. The topological polar surface area (TPSA) is 8.17 Å². The van der Waals surface area contributed by atoms with E-state index in [4.69, 9.17) is 0 Å². The van der Waals surface area contributed by atoms with E-state index < -0.39 is 5.41 Å². The summed E-state index contributed by atoms with van der Waals surface area (Å²) in [7, 11) is 0. The fraction of sp³-hybridized carbons (Fsp3) is 0.275. The lowest BCUT2D eigenvalue weighted by Gasteiger charge is -2.51. The van der Waals surface area contributed by atoms with Crippen LogP contribution >= 0.6 is 11.8 Å². The number of para-hydroxylation sites is 1. The molecule has 474 valence electrons. The highest BCUT2D eigenvalue weighted by Crippen LogP contribution is 2.59. The number of hydrogen-bond acceptors (Lipinski definition) is 2. The SMILES string of the molecule is CC(C)(C)c1cc(-c2ccc3c(c2)C2(c4ccccc4Sc4ccccc42)c2cc(-c4cc(C(C)(C)C)cc(C(C)(C)C)c4)cc4c2B3c2ccc(-n3c5ccc(C(C)(C)C)cc5c5cc(C(C)(C)C)ccc53)cc2N4c2ccccc2-c2ccccc2)cc(C(C)(C)C)c1. The van der Waals surface area contributed by atoms with E-state index in [1.165, 1.54) is 148 Å². The van der Waals surface area contributed by atoms with Crippen molar-refractivity contribution in [3.8, 4) is 39.1 Å². The van der Waals surface area contributed by atoms with Gasteiger partial charge in [0.1, 0.15) is 0 Å². The van der Waals surface area contributed by atoms with Crippen molar-refractivity contribution in [2.45, 2.75) is 172 Å². The van der Waals surface area contributed by atoms with E-state index >= 15 is 0 Å². The summed E-state index contributed by atoms with van der Waals surface area (Å²) in [5.74, 6) is 0. The molecule has 3 aliphatic heterocycles. The average molecular weight is 1260 g/mol. The molecule has 12 aromatic rings. The Balaban J connectivity index is 1.13. The van der Waals surface area contributed by atoms with Crippen LogP contribution in [0.2, 0.25) is 0 Å². The monoisotopic (exact) mass is 1250 g/mol. The maximum Gasteiger partial charge on any atom is 0.247 e. The summed E-state index contributed by atoms with van der Waals surface area (Å²) < 4.78 is 2.57. The van der Waals surface area contributed by atoms with Gasteiger partial charge in [0, 0.05) is 43.2 Å². The predicted molar refractivity (Wildman–Crippen MR) is 411 cm³/mol. The van der Waals surface area contributed by atoms with Crippen molar-refractivity contribution in [3.63, 3.8) is 0 Å². The van der Waals surface area contributed by atoms with Gasteiger partial charge in [-0.3, -0.25) is 0 Å². The fourth-order valence-electron chi connectivity index (χ4n) is 15.7. The van der Waals surface area contributed by atoms with Crippen LogP contribution in [-0.2, 0) is 37.9 Å². The first-order chi connectivity index (χ1) is 44.9. The molecule has 4 heterocycles. The van der Waals surface area contributed by atoms with E-state index in [-0.39, 0.29) is 39.2 Å². The molecule has 0 atom stereocenters. The first-order valence-corrected chi connectivity index (χ1v) is 35.4. The van der Waals surface area contributed by atoms with Gasteiger partial charge in [-0.25, -0.2) is 0 Å². The fourth-order valence-corrected chi connectivity index (χ4v) is 16.9. The molecule has 1 aromatic heterocycles. The van der Waals surface area contributed by atoms with Gasteiger partial charge in [-0.15, -0.1) is 0 Å². The quantitative estimate of drug-likeness (QED) is 0.159. The number of fused-ring (bicyclic) bond motifs is 13. The molecule has 3 aliphatic rings. The van der Waals surface area contributed by atoms with E-state index in [1.807, 2.05) is 11.8 Å². The molecule has 2 nitrogen and oxygen atoms in total. The first kappa shape index (κ1) is 62.5. The third-order valence-electron chi connectivity index (χ3n) is 21.2. The Kier molecular flexibility index (Phi) is 14.3. The zero-order valence-electron chi connectivity index (χ0n) is 59.2. The van der Waals surface area contributed by atoms with Crippen molar-refractivity contribution in [2.75, 3.05) is 4.90 Å². The molecule has 0 saturated carbocycles. The average Bonchev–Trinajstić information content (AvgIpc) is 1.04. The Bertz CT molecular complexity index is 4930. The molecule has 0 fully saturated rings. The van der Waals surface area contributed by atoms with Crippen LogP contribution in [0.4, 0.5) is 17.1 Å². The lowest BCUT2D eigenvalue weighted by atomic mass is 9.29. The third kappa shape index (κ3) is 10.3. The van der Waals surface area contributed by atoms with Gasteiger partial charge in [-0.05, 0) is 194 Å². The molecular weight excluding hydrogens is 1160 g/mol. The largest absolute Gasteiger partial charge is 0.311 e. The molecule has 0 unspecified atom stereocenters. The number of benzene rings is 11. The van der Waals surface area contributed by atoms with Crippen LogP contribution in [0.1, 0.15) is 180 Å². The van der Waals surface area contributed by atoms with Crippen molar-refractivity contribution >= 4 is 73.7 Å². The van der Waals surface area contributed by atoms with Gasteiger partial charge in [0.15, 0.2) is 0 Å². The molecule has 11 aromatic carbocycles. The standard InChI is InChI=1S/C91H91BN2S/c1-85(2,3)61-37-42-78-69(53-61)70-54-62(86(4,5)6)38-43-79(70)93(78)67-39-41-76-80(55-67)94(77-33-25-22-30-68(77)56-28-20-19-21-29-56)81-50-60(59-46-65(89(13,14)15)52-66(47-59)90(16,17)18)49-74-84(81)92(76)75-40-36-57(58-44-63(87(7,8)9)51-64(45-58)88(10,11)12)48-73(75)91(74)71-31-23-26-34-82(71)95-83-35-27-24-32-72(83)91/h19-55H,1-18H3. The minimum Gasteiger partial charge on any atom is -0.311 e. The molecule has 15 rings (SSSR count). The molecule has 0 amide bonds. The Morgan fingerprint density at radius 1 is 0.305 bits per heavy atom. The molecule has 0 bridgehead atoms. The number of hydrogen-bond donors (Lipinski definition) is 0. The minimum atomic E-state index is -0.758. The second kappa shape index (κ2) is 21.7. The van der Waals surface area contributed by atoms with Crippen molar-refractivity contribution in [3.05, 3.63) is 280 Å². The molecular formula is C91H91BN2S. The van der Waals surface area contributed by atoms with Crippen LogP contribution in [0.25, 0.3) is 60.9 Å². The summed E-state index contributed by atoms with van der Waals surface area (Å²) in [4.78, 5) is 5.28. The van der Waals surface area contributed by atoms with Crippen LogP contribution in [0.3, 0.4) is 0 Å². The van der Waals surface area contributed by atoms with E-state index in [0.29, 0.717) is 0 Å². The zero-order chi connectivity index (χ0) is 66.8. The lowest BCUT2D eigenvalue weighted by Crippen LogP contribution is -2.65. The Hall–Kier alpha value is -8.57. The van der Waals surface area contributed by atoms with Gasteiger partial charge < -0.3 is 9.47 Å². The van der Waals surface area contributed by atoms with Gasteiger partial charge in [-0.2, -0.15) is 0 Å². The highest BCUT2D eigenvalue weighted by Gasteiger charge is 2.55. The Morgan fingerprint density at radius 2 is 0.758 bits per heavy atom. The van der Waals surface area contributed by atoms with E-state index in [1.54, 1.807) is 0 Å². The Labute approximate surface area is 571 Å². The van der Waals surface area contributed by atoms with E-state index in [0.717, 1.165) is 11.4 Å². The number of anilines is 3. The van der Waals surface area contributed by atoms with Crippen LogP contribution in [0.5, 0.6) is 0 Å². The molecule has 0 N–H and O–H groups in total. The van der Waals surface area contributed by atoms with Crippen molar-refractivity contribution in [1.82, 2.24) is 4.57 Å². The molecule has 0 aliphatic carbocycles. The van der Waals surface area contributed by atoms with Gasteiger partial charge in [-0.1, -0.05) is 300 Å². The smallest absolute Gasteiger partial charge is 0.247 e. The summed E-state index contributed by atoms with van der Waals surface area (Å²) in [5.41, 5.74) is 30.6. The second-order valence-corrected chi connectivity index (χ2v) is 35.0. The molecule has 0 saturated heterocycles. The van der Waals surface area contributed by atoms with Crippen LogP contribution in [0, 0.1) is 0 Å². The molecule has 95 heavy (non-hydrogen) atoms. The Morgan fingerprint density at radius 3 is 1.28 bits per heavy atom. The minimum absolute atomic E-state index is 0.0295. The maximum atomic E-state index is 2.70. The van der Waals surface area contributed by atoms with Crippen LogP contribution < -0.4 is 21.3 Å². The van der Waals surface area contributed by atoms with Crippen molar-refractivity contribution < 1.29 is 0 Å². The summed E-state index contributed by atoms with van der Waals surface area (Å²) in [6, 6.07) is 89.1. The van der Waals surface area contributed by atoms with E-state index in [9.17, 15) is 0 Å². The number of nitrogens with zero attached hydrogens (tertiary/aromatic N) is 2. The van der Waals surface area contributed by atoms with Gasteiger partial charge in [0.2, 0.25) is 6.71 Å².